The van der Waals surface area contributed by atoms with Crippen LogP contribution in [-0.2, 0) is 31.3 Å². The van der Waals surface area contributed by atoms with Gasteiger partial charge >= 0.3 is 0 Å². The Bertz CT molecular complexity index is 1260. The summed E-state index contributed by atoms with van der Waals surface area (Å²) in [4.78, 5) is 53.9. The molecule has 0 bridgehead atoms. The summed E-state index contributed by atoms with van der Waals surface area (Å²) in [5.74, 6) is -3.48. The molecule has 0 saturated carbocycles. The maximum Gasteiger partial charge on any atom is 0.250 e. The van der Waals surface area contributed by atoms with Crippen molar-refractivity contribution in [3.05, 3.63) is 58.1 Å². The predicted molar refractivity (Wildman–Crippen MR) is 123 cm³/mol. The van der Waals surface area contributed by atoms with Gasteiger partial charge in [-0.2, -0.15) is 0 Å². The minimum Gasteiger partial charge on any atom is -0.496 e. The van der Waals surface area contributed by atoms with Gasteiger partial charge in [0.25, 0.3) is 0 Å². The van der Waals surface area contributed by atoms with Gasteiger partial charge < -0.3 is 15.8 Å². The molecule has 2 aromatic rings. The van der Waals surface area contributed by atoms with Crippen molar-refractivity contribution in [3.63, 3.8) is 0 Å². The van der Waals surface area contributed by atoms with E-state index in [1.165, 1.54) is 7.11 Å². The maximum absolute atomic E-state index is 13.8. The minimum atomic E-state index is -1.52. The third-order valence-corrected chi connectivity index (χ3v) is 7.53. The topological polar surface area (TPSA) is 131 Å². The third kappa shape index (κ3) is 2.97. The molecule has 2 fully saturated rings. The molecule has 2 saturated heterocycles. The summed E-state index contributed by atoms with van der Waals surface area (Å²) in [6, 6.07) is 9.65. The summed E-state index contributed by atoms with van der Waals surface area (Å²) in [7, 11) is 1.51. The minimum absolute atomic E-state index is 0.0117. The molecule has 3 heterocycles. The van der Waals surface area contributed by atoms with E-state index in [1.54, 1.807) is 43.3 Å². The summed E-state index contributed by atoms with van der Waals surface area (Å²) >= 11 is 6.26. The van der Waals surface area contributed by atoms with Gasteiger partial charge in [0.05, 0.1) is 31.2 Å². The molecule has 0 radical (unpaired) electrons. The number of hydrogen-bond donors (Lipinski definition) is 3. The molecule has 3 aliphatic heterocycles. The smallest absolute Gasteiger partial charge is 0.250 e. The first-order valence-electron chi connectivity index (χ1n) is 10.8. The highest BCUT2D eigenvalue weighted by molar-refractivity contribution is 6.32. The molecular weight excluding hydrogens is 460 g/mol. The van der Waals surface area contributed by atoms with Crippen molar-refractivity contribution in [2.45, 2.75) is 31.5 Å². The number of carbonyl (C=O) groups is 4. The number of nitrogens with two attached hydrogens (primary N) is 1. The van der Waals surface area contributed by atoms with Crippen LogP contribution in [0, 0.1) is 18.8 Å². The fraction of sp³-hybridized carbons (Fsp3) is 0.333. The number of amides is 4. The van der Waals surface area contributed by atoms with Gasteiger partial charge in [-0.3, -0.25) is 29.4 Å². The van der Waals surface area contributed by atoms with Crippen LogP contribution >= 0.6 is 11.6 Å². The van der Waals surface area contributed by atoms with E-state index in [2.05, 4.69) is 10.6 Å². The standard InChI is InChI=1S/C24H23ClN4O5/c1-11-14(25)8-7-13-20(11)27-23(33)24(13)19-18(15(28-24)9-17(26)30)21(31)29(22(19)32)10-12-5-3-4-6-16(12)34-2/h3-8,15,18-19,28H,9-10H2,1-2H3,(H2,26,30)(H,27,33)/t15?,18?,19?,24-/m0/s1. The van der Waals surface area contributed by atoms with Crippen molar-refractivity contribution >= 4 is 40.9 Å². The number of methoxy groups -OCH3 is 1. The molecule has 4 atom stereocenters. The molecule has 9 nitrogen and oxygen atoms in total. The van der Waals surface area contributed by atoms with Crippen LogP contribution in [0.15, 0.2) is 36.4 Å². The number of nitrogens with zero attached hydrogens (tertiary/aromatic N) is 1. The number of hydrogen-bond acceptors (Lipinski definition) is 6. The first kappa shape index (κ1) is 22.4. The third-order valence-electron chi connectivity index (χ3n) is 7.12. The van der Waals surface area contributed by atoms with Gasteiger partial charge in [-0.15, -0.1) is 0 Å². The molecule has 1 spiro atoms. The predicted octanol–water partition coefficient (Wildman–Crippen LogP) is 1.45. The molecule has 4 amide bonds. The second-order valence-corrected chi connectivity index (χ2v) is 9.26. The number of likely N-dealkylation sites (tertiary alicyclic amines) is 1. The van der Waals surface area contributed by atoms with Crippen molar-refractivity contribution in [2.75, 3.05) is 12.4 Å². The SMILES string of the molecule is COc1ccccc1CN1C(=O)C2C(CC(N)=O)N[C@]3(C(=O)Nc4c3ccc(Cl)c4C)C2C1=O. The summed E-state index contributed by atoms with van der Waals surface area (Å²) in [6.45, 7) is 1.76. The van der Waals surface area contributed by atoms with Crippen LogP contribution < -0.4 is 21.1 Å². The molecule has 0 aromatic heterocycles. The van der Waals surface area contributed by atoms with Crippen LogP contribution in [0.4, 0.5) is 5.69 Å². The van der Waals surface area contributed by atoms with E-state index >= 15 is 0 Å². The van der Waals surface area contributed by atoms with E-state index in [9.17, 15) is 19.2 Å². The Morgan fingerprint density at radius 3 is 2.62 bits per heavy atom. The van der Waals surface area contributed by atoms with Crippen molar-refractivity contribution in [1.82, 2.24) is 10.2 Å². The molecule has 34 heavy (non-hydrogen) atoms. The molecule has 2 aromatic carbocycles. The number of primary amides is 1. The lowest BCUT2D eigenvalue weighted by Crippen LogP contribution is -2.53. The lowest BCUT2D eigenvalue weighted by Gasteiger charge is -2.29. The van der Waals surface area contributed by atoms with Crippen molar-refractivity contribution in [2.24, 2.45) is 17.6 Å². The summed E-state index contributed by atoms with van der Waals surface area (Å²) < 4.78 is 5.38. The zero-order valence-corrected chi connectivity index (χ0v) is 19.3. The van der Waals surface area contributed by atoms with Gasteiger partial charge in [0, 0.05) is 28.6 Å². The number of anilines is 1. The second kappa shape index (κ2) is 7.82. The Labute approximate surface area is 200 Å². The monoisotopic (exact) mass is 482 g/mol. The van der Waals surface area contributed by atoms with Crippen molar-refractivity contribution in [1.29, 1.82) is 0 Å². The van der Waals surface area contributed by atoms with Crippen LogP contribution in [0.1, 0.15) is 23.1 Å². The summed E-state index contributed by atoms with van der Waals surface area (Å²) in [6.07, 6.45) is -0.195. The lowest BCUT2D eigenvalue weighted by atomic mass is 9.76. The molecule has 3 unspecified atom stereocenters. The number of para-hydroxylation sites is 1. The fourth-order valence-electron chi connectivity index (χ4n) is 5.60. The van der Waals surface area contributed by atoms with Gasteiger partial charge in [-0.25, -0.2) is 0 Å². The molecular formula is C24H23ClN4O5. The number of ether oxygens (including phenoxy) is 1. The number of carbonyl (C=O) groups excluding carboxylic acids is 4. The average Bonchev–Trinajstić information content (AvgIpc) is 3.37. The fourth-order valence-corrected chi connectivity index (χ4v) is 5.76. The Morgan fingerprint density at radius 2 is 1.91 bits per heavy atom. The second-order valence-electron chi connectivity index (χ2n) is 8.86. The highest BCUT2D eigenvalue weighted by Gasteiger charge is 2.70. The summed E-state index contributed by atoms with van der Waals surface area (Å²) in [5.41, 5.74) is 6.30. The number of imide groups is 1. The average molecular weight is 483 g/mol. The lowest BCUT2D eigenvalue weighted by molar-refractivity contribution is -0.143. The van der Waals surface area contributed by atoms with E-state index < -0.39 is 47.0 Å². The van der Waals surface area contributed by atoms with E-state index in [1.807, 2.05) is 0 Å². The van der Waals surface area contributed by atoms with Crippen LogP contribution in [0.3, 0.4) is 0 Å². The van der Waals surface area contributed by atoms with E-state index in [4.69, 9.17) is 22.1 Å². The Balaban J connectivity index is 1.62. The van der Waals surface area contributed by atoms with Gasteiger partial charge in [0.15, 0.2) is 0 Å². The number of halogens is 1. The van der Waals surface area contributed by atoms with Gasteiger partial charge in [-0.05, 0) is 24.6 Å². The van der Waals surface area contributed by atoms with Gasteiger partial charge in [0.2, 0.25) is 23.6 Å². The first-order chi connectivity index (χ1) is 16.2. The number of rotatable bonds is 5. The number of benzene rings is 2. The van der Waals surface area contributed by atoms with Gasteiger partial charge in [0.1, 0.15) is 11.3 Å². The number of nitrogens with one attached hydrogen (secondary N) is 2. The quantitative estimate of drug-likeness (QED) is 0.553. The van der Waals surface area contributed by atoms with Crippen molar-refractivity contribution in [3.8, 4) is 5.75 Å². The van der Waals surface area contributed by atoms with Gasteiger partial charge in [-0.1, -0.05) is 35.9 Å². The molecule has 176 valence electrons. The van der Waals surface area contributed by atoms with Crippen LogP contribution in [0.2, 0.25) is 5.02 Å². The van der Waals surface area contributed by atoms with Crippen LogP contribution in [0.5, 0.6) is 5.75 Å². The molecule has 10 heteroatoms. The highest BCUT2D eigenvalue weighted by Crippen LogP contribution is 2.54. The molecule has 3 aliphatic rings. The van der Waals surface area contributed by atoms with E-state index in [0.717, 1.165) is 4.90 Å². The van der Waals surface area contributed by atoms with Crippen LogP contribution in [-0.4, -0.2) is 41.7 Å². The van der Waals surface area contributed by atoms with E-state index in [-0.39, 0.29) is 13.0 Å². The zero-order valence-electron chi connectivity index (χ0n) is 18.6. The highest BCUT2D eigenvalue weighted by atomic mass is 35.5. The maximum atomic E-state index is 13.8. The Hall–Kier alpha value is -3.43. The first-order valence-corrected chi connectivity index (χ1v) is 11.2. The zero-order chi connectivity index (χ0) is 24.4. The molecule has 0 aliphatic carbocycles. The largest absolute Gasteiger partial charge is 0.496 e. The molecule has 5 rings (SSSR count). The Kier molecular flexibility index (Phi) is 5.14. The van der Waals surface area contributed by atoms with E-state index in [0.29, 0.717) is 33.1 Å². The van der Waals surface area contributed by atoms with Crippen molar-refractivity contribution < 1.29 is 23.9 Å². The summed E-state index contributed by atoms with van der Waals surface area (Å²) in [5, 5.41) is 6.47. The number of fused-ring (bicyclic) bond motifs is 4. The molecule has 4 N–H and O–H groups in total. The normalized spacial score (nSPS) is 27.2. The van der Waals surface area contributed by atoms with Crippen LogP contribution in [0.25, 0.3) is 0 Å². The Morgan fingerprint density at radius 1 is 1.18 bits per heavy atom.